The molecule has 166 valence electrons. The summed E-state index contributed by atoms with van der Waals surface area (Å²) < 4.78 is 10.8. The number of aliphatic hydroxyl groups is 1. The Morgan fingerprint density at radius 2 is 1.90 bits per heavy atom. The number of nitrogens with one attached hydrogen (secondary N) is 2. The Morgan fingerprint density at radius 1 is 1.13 bits per heavy atom. The van der Waals surface area contributed by atoms with E-state index in [4.69, 9.17) is 8.94 Å². The largest absolute Gasteiger partial charge is 0.463 e. The quantitative estimate of drug-likeness (QED) is 0.357. The first kappa shape index (κ1) is 22.6. The lowest BCUT2D eigenvalue weighted by Gasteiger charge is -2.19. The molecular weight excluding hydrogens is 394 g/mol. The molecule has 0 aliphatic heterocycles. The minimum atomic E-state index is -1.17. The van der Waals surface area contributed by atoms with Gasteiger partial charge in [0, 0.05) is 25.1 Å². The van der Waals surface area contributed by atoms with Gasteiger partial charge in [-0.25, -0.2) is 4.99 Å². The summed E-state index contributed by atoms with van der Waals surface area (Å²) in [6.07, 6.45) is 1.57. The average Bonchev–Trinajstić information content (AvgIpc) is 3.42. The third-order valence-corrected chi connectivity index (χ3v) is 4.85. The molecule has 0 radical (unpaired) electrons. The zero-order chi connectivity index (χ0) is 22.3. The summed E-state index contributed by atoms with van der Waals surface area (Å²) in [6, 6.07) is 11.7. The van der Waals surface area contributed by atoms with Gasteiger partial charge in [-0.1, -0.05) is 24.2 Å². The Hall–Kier alpha value is -3.13. The third kappa shape index (κ3) is 6.18. The molecule has 0 spiro atoms. The average molecular weight is 426 g/mol. The molecule has 1 atom stereocenters. The van der Waals surface area contributed by atoms with Gasteiger partial charge >= 0.3 is 0 Å². The number of rotatable bonds is 9. The second-order valence-corrected chi connectivity index (χ2v) is 7.62. The van der Waals surface area contributed by atoms with Crippen molar-refractivity contribution in [3.05, 3.63) is 59.3 Å². The number of aliphatic imine (C=N–C) groups is 1. The minimum absolute atomic E-state index is 0.188. The Bertz CT molecular complexity index is 989. The van der Waals surface area contributed by atoms with Crippen LogP contribution in [0.5, 0.6) is 0 Å². The Morgan fingerprint density at radius 3 is 2.52 bits per heavy atom. The summed E-state index contributed by atoms with van der Waals surface area (Å²) >= 11 is 0. The van der Waals surface area contributed by atoms with Crippen LogP contribution in [0.2, 0.25) is 0 Å². The van der Waals surface area contributed by atoms with Crippen LogP contribution in [-0.4, -0.2) is 40.8 Å². The van der Waals surface area contributed by atoms with Gasteiger partial charge in [0.2, 0.25) is 0 Å². The van der Waals surface area contributed by atoms with Crippen LogP contribution in [0, 0.1) is 6.92 Å². The Balaban J connectivity index is 1.54. The van der Waals surface area contributed by atoms with E-state index in [0.717, 1.165) is 30.7 Å². The third-order valence-electron chi connectivity index (χ3n) is 4.85. The fourth-order valence-corrected chi connectivity index (χ4v) is 3.03. The van der Waals surface area contributed by atoms with Crippen LogP contribution in [0.3, 0.4) is 0 Å². The molecule has 0 saturated carbocycles. The van der Waals surface area contributed by atoms with Crippen molar-refractivity contribution in [3.63, 3.8) is 0 Å². The Labute approximate surface area is 182 Å². The molecule has 0 saturated heterocycles. The number of furan rings is 1. The number of aromatic nitrogens is 2. The van der Waals surface area contributed by atoms with E-state index in [-0.39, 0.29) is 6.54 Å². The van der Waals surface area contributed by atoms with Crippen LogP contribution >= 0.6 is 0 Å². The number of guanidine groups is 1. The normalized spacial score (nSPS) is 13.8. The number of aryl methyl sites for hydroxylation is 2. The second-order valence-electron chi connectivity index (χ2n) is 7.62. The summed E-state index contributed by atoms with van der Waals surface area (Å²) in [7, 11) is 0. The van der Waals surface area contributed by atoms with Gasteiger partial charge in [0.05, 0.1) is 6.54 Å². The summed E-state index contributed by atoms with van der Waals surface area (Å²) in [5.74, 6) is 3.18. The van der Waals surface area contributed by atoms with Crippen LogP contribution in [0.1, 0.15) is 43.7 Å². The van der Waals surface area contributed by atoms with Gasteiger partial charge in [0.25, 0.3) is 5.89 Å². The molecule has 3 rings (SSSR count). The fourth-order valence-electron chi connectivity index (χ4n) is 3.03. The maximum atomic E-state index is 10.7. The van der Waals surface area contributed by atoms with Crippen molar-refractivity contribution in [2.45, 2.75) is 46.1 Å². The maximum absolute atomic E-state index is 10.7. The molecule has 0 bridgehead atoms. The highest BCUT2D eigenvalue weighted by atomic mass is 16.5. The first-order chi connectivity index (χ1) is 14.9. The minimum Gasteiger partial charge on any atom is -0.463 e. The number of benzene rings is 1. The van der Waals surface area contributed by atoms with Gasteiger partial charge in [-0.05, 0) is 57.0 Å². The highest BCUT2D eigenvalue weighted by molar-refractivity contribution is 5.79. The topological polar surface area (TPSA) is 109 Å². The van der Waals surface area contributed by atoms with Crippen molar-refractivity contribution in [2.75, 3.05) is 19.6 Å². The van der Waals surface area contributed by atoms with Crippen molar-refractivity contribution >= 4 is 5.96 Å². The van der Waals surface area contributed by atoms with Gasteiger partial charge in [-0.2, -0.15) is 4.98 Å². The summed E-state index contributed by atoms with van der Waals surface area (Å²) in [5.41, 5.74) is 0.924. The molecule has 0 amide bonds. The lowest BCUT2D eigenvalue weighted by atomic mass is 10.0. The van der Waals surface area contributed by atoms with Gasteiger partial charge in [-0.15, -0.1) is 0 Å². The van der Waals surface area contributed by atoms with Crippen molar-refractivity contribution < 1.29 is 14.0 Å². The smallest absolute Gasteiger partial charge is 0.257 e. The predicted molar refractivity (Wildman–Crippen MR) is 120 cm³/mol. The van der Waals surface area contributed by atoms with E-state index in [0.29, 0.717) is 30.0 Å². The molecule has 2 heterocycles. The van der Waals surface area contributed by atoms with E-state index >= 15 is 0 Å². The van der Waals surface area contributed by atoms with Crippen LogP contribution in [0.4, 0.5) is 0 Å². The van der Waals surface area contributed by atoms with E-state index in [9.17, 15) is 5.11 Å². The molecule has 1 aromatic carbocycles. The van der Waals surface area contributed by atoms with Gasteiger partial charge < -0.3 is 24.7 Å². The summed E-state index contributed by atoms with van der Waals surface area (Å²) in [6.45, 7) is 9.17. The zero-order valence-corrected chi connectivity index (χ0v) is 18.6. The first-order valence-electron chi connectivity index (χ1n) is 10.6. The standard InChI is InChI=1S/C23H31N5O3/c1-5-20-27-21(31-28-20)18-10-8-17(9-11-18)13-14-25-22(24-6-2)26-15-23(4,29)19-12-7-16(3)30-19/h7-12,29H,5-6,13-15H2,1-4H3,(H2,24,25,26). The molecule has 0 aliphatic carbocycles. The van der Waals surface area contributed by atoms with Crippen molar-refractivity contribution in [3.8, 4) is 11.5 Å². The first-order valence-corrected chi connectivity index (χ1v) is 10.6. The molecule has 31 heavy (non-hydrogen) atoms. The maximum Gasteiger partial charge on any atom is 0.257 e. The lowest BCUT2D eigenvalue weighted by molar-refractivity contribution is 0.0428. The zero-order valence-electron chi connectivity index (χ0n) is 18.6. The molecule has 3 N–H and O–H groups in total. The number of hydrogen-bond donors (Lipinski definition) is 3. The molecule has 1 unspecified atom stereocenters. The van der Waals surface area contributed by atoms with Crippen molar-refractivity contribution in [1.82, 2.24) is 20.8 Å². The second kappa shape index (κ2) is 10.3. The van der Waals surface area contributed by atoms with E-state index in [1.54, 1.807) is 13.0 Å². The van der Waals surface area contributed by atoms with Gasteiger partial charge in [0.15, 0.2) is 11.8 Å². The van der Waals surface area contributed by atoms with E-state index < -0.39 is 5.60 Å². The predicted octanol–water partition coefficient (Wildman–Crippen LogP) is 3.21. The van der Waals surface area contributed by atoms with E-state index in [1.165, 1.54) is 5.56 Å². The van der Waals surface area contributed by atoms with Crippen LogP contribution in [0.15, 0.2) is 50.3 Å². The number of hydrogen-bond acceptors (Lipinski definition) is 6. The van der Waals surface area contributed by atoms with E-state index in [2.05, 4.69) is 37.9 Å². The summed E-state index contributed by atoms with van der Waals surface area (Å²) in [4.78, 5) is 8.88. The van der Waals surface area contributed by atoms with Crippen LogP contribution in [-0.2, 0) is 18.4 Å². The highest BCUT2D eigenvalue weighted by Gasteiger charge is 2.26. The fraction of sp³-hybridized carbons (Fsp3) is 0.435. The SMILES string of the molecule is CCNC(=NCC(C)(O)c1ccc(C)o1)NCCc1ccc(-c2nc(CC)no2)cc1. The molecule has 0 fully saturated rings. The molecule has 8 heteroatoms. The van der Waals surface area contributed by atoms with Crippen LogP contribution < -0.4 is 10.6 Å². The highest BCUT2D eigenvalue weighted by Crippen LogP contribution is 2.23. The van der Waals surface area contributed by atoms with Gasteiger partial charge in [0.1, 0.15) is 17.1 Å². The molecule has 2 aromatic heterocycles. The summed E-state index contributed by atoms with van der Waals surface area (Å²) in [5, 5.41) is 21.1. The van der Waals surface area contributed by atoms with Crippen LogP contribution in [0.25, 0.3) is 11.5 Å². The number of nitrogens with zero attached hydrogens (tertiary/aromatic N) is 3. The molecule has 8 nitrogen and oxygen atoms in total. The van der Waals surface area contributed by atoms with Crippen molar-refractivity contribution in [2.24, 2.45) is 4.99 Å². The molecular formula is C23H31N5O3. The van der Waals surface area contributed by atoms with Gasteiger partial charge in [-0.3, -0.25) is 0 Å². The molecule has 0 aliphatic rings. The lowest BCUT2D eigenvalue weighted by Crippen LogP contribution is -2.39. The molecule has 3 aromatic rings. The Kier molecular flexibility index (Phi) is 7.46. The monoisotopic (exact) mass is 425 g/mol. The van der Waals surface area contributed by atoms with Crippen molar-refractivity contribution in [1.29, 1.82) is 0 Å². The van der Waals surface area contributed by atoms with E-state index in [1.807, 2.05) is 39.0 Å².